The lowest BCUT2D eigenvalue weighted by molar-refractivity contribution is -0.125. The minimum absolute atomic E-state index is 0.0286. The van der Waals surface area contributed by atoms with E-state index >= 15 is 0 Å². The molecule has 0 unspecified atom stereocenters. The van der Waals surface area contributed by atoms with Gasteiger partial charge in [-0.3, -0.25) is 4.79 Å². The Morgan fingerprint density at radius 2 is 1.95 bits per heavy atom. The van der Waals surface area contributed by atoms with E-state index in [0.29, 0.717) is 24.7 Å². The van der Waals surface area contributed by atoms with Gasteiger partial charge in [0.05, 0.1) is 12.0 Å². The smallest absolute Gasteiger partial charge is 0.230 e. The molecule has 1 aromatic rings. The van der Waals surface area contributed by atoms with Crippen molar-refractivity contribution in [2.45, 2.75) is 19.3 Å². The van der Waals surface area contributed by atoms with Gasteiger partial charge in [-0.05, 0) is 25.5 Å². The first-order valence-electron chi connectivity index (χ1n) is 6.73. The lowest BCUT2D eigenvalue weighted by atomic mass is 9.83. The van der Waals surface area contributed by atoms with Crippen molar-refractivity contribution in [3.63, 3.8) is 0 Å². The molecule has 0 heterocycles. The second-order valence-electron chi connectivity index (χ2n) is 5.10. The van der Waals surface area contributed by atoms with Gasteiger partial charge in [0.25, 0.3) is 0 Å². The number of halogens is 1. The van der Waals surface area contributed by atoms with Gasteiger partial charge in [-0.2, -0.15) is 0 Å². The summed E-state index contributed by atoms with van der Waals surface area (Å²) in [5, 5.41) is 6.72. The van der Waals surface area contributed by atoms with E-state index < -0.39 is 5.41 Å². The van der Waals surface area contributed by atoms with Crippen molar-refractivity contribution in [3.8, 4) is 0 Å². The van der Waals surface area contributed by atoms with E-state index in [1.54, 1.807) is 13.2 Å². The summed E-state index contributed by atoms with van der Waals surface area (Å²) in [6, 6.07) is 7.44. The van der Waals surface area contributed by atoms with Crippen molar-refractivity contribution in [1.82, 2.24) is 10.6 Å². The fraction of sp³-hybridized carbons (Fsp3) is 0.533. The molecule has 0 saturated heterocycles. The minimum atomic E-state index is -0.648. The molecule has 1 amide bonds. The molecule has 0 aliphatic rings. The maximum atomic E-state index is 12.3. The van der Waals surface area contributed by atoms with E-state index in [9.17, 15) is 4.79 Å². The van der Waals surface area contributed by atoms with Crippen LogP contribution in [0.2, 0.25) is 5.02 Å². The monoisotopic (exact) mass is 298 g/mol. The number of nitrogens with one attached hydrogen (secondary N) is 2. The van der Waals surface area contributed by atoms with Crippen LogP contribution in [0.3, 0.4) is 0 Å². The molecular formula is C15H23ClN2O2. The summed E-state index contributed by atoms with van der Waals surface area (Å²) < 4.78 is 4.93. The second kappa shape index (κ2) is 8.25. The molecule has 1 rings (SSSR count). The zero-order valence-corrected chi connectivity index (χ0v) is 13.1. The maximum Gasteiger partial charge on any atom is 0.230 e. The minimum Gasteiger partial charge on any atom is -0.383 e. The Hall–Kier alpha value is -1.10. The molecule has 5 heteroatoms. The number of benzene rings is 1. The predicted molar refractivity (Wildman–Crippen MR) is 82.2 cm³/mol. The van der Waals surface area contributed by atoms with Crippen LogP contribution < -0.4 is 10.6 Å². The Morgan fingerprint density at radius 1 is 1.25 bits per heavy atom. The predicted octanol–water partition coefficient (Wildman–Crippen LogP) is 1.97. The average Bonchev–Trinajstić information content (AvgIpc) is 2.42. The number of methoxy groups -OCH3 is 1. The average molecular weight is 299 g/mol. The quantitative estimate of drug-likeness (QED) is 0.722. The maximum absolute atomic E-state index is 12.3. The lowest BCUT2D eigenvalue weighted by Gasteiger charge is -2.25. The van der Waals surface area contributed by atoms with Crippen LogP contribution in [0.4, 0.5) is 0 Å². The third kappa shape index (κ3) is 4.78. The van der Waals surface area contributed by atoms with E-state index in [-0.39, 0.29) is 5.91 Å². The number of hydrogen-bond donors (Lipinski definition) is 2. The van der Waals surface area contributed by atoms with Gasteiger partial charge in [0.2, 0.25) is 5.91 Å². The van der Waals surface area contributed by atoms with Crippen LogP contribution in [0.15, 0.2) is 24.3 Å². The number of ether oxygens (including phenoxy) is 1. The number of amides is 1. The summed E-state index contributed by atoms with van der Waals surface area (Å²) in [6.07, 6.45) is 0. The fourth-order valence-corrected chi connectivity index (χ4v) is 2.25. The molecule has 0 atom stereocenters. The van der Waals surface area contributed by atoms with Crippen molar-refractivity contribution in [2.24, 2.45) is 0 Å². The molecule has 0 bridgehead atoms. The van der Waals surface area contributed by atoms with E-state index in [1.165, 1.54) is 0 Å². The van der Waals surface area contributed by atoms with Crippen molar-refractivity contribution >= 4 is 17.5 Å². The highest BCUT2D eigenvalue weighted by Gasteiger charge is 2.31. The van der Waals surface area contributed by atoms with Crippen LogP contribution in [-0.2, 0) is 14.9 Å². The molecule has 0 spiro atoms. The Bertz CT molecular complexity index is 436. The molecule has 0 saturated carbocycles. The normalized spacial score (nSPS) is 11.4. The van der Waals surface area contributed by atoms with Gasteiger partial charge >= 0.3 is 0 Å². The third-order valence-corrected chi connectivity index (χ3v) is 3.51. The third-order valence-electron chi connectivity index (χ3n) is 3.19. The lowest BCUT2D eigenvalue weighted by Crippen LogP contribution is -2.43. The summed E-state index contributed by atoms with van der Waals surface area (Å²) >= 11 is 6.17. The summed E-state index contributed by atoms with van der Waals surface area (Å²) in [5.74, 6) is -0.0286. The molecule has 0 aromatic heterocycles. The molecule has 4 nitrogen and oxygen atoms in total. The summed E-state index contributed by atoms with van der Waals surface area (Å²) in [7, 11) is 1.66. The topological polar surface area (TPSA) is 50.4 Å². The molecule has 2 N–H and O–H groups in total. The van der Waals surface area contributed by atoms with Crippen molar-refractivity contribution in [3.05, 3.63) is 34.9 Å². The zero-order chi connectivity index (χ0) is 15.0. The van der Waals surface area contributed by atoms with Crippen LogP contribution in [0.25, 0.3) is 0 Å². The van der Waals surface area contributed by atoms with Crippen LogP contribution >= 0.6 is 11.6 Å². The van der Waals surface area contributed by atoms with Gasteiger partial charge in [-0.15, -0.1) is 0 Å². The van der Waals surface area contributed by atoms with Crippen molar-refractivity contribution < 1.29 is 9.53 Å². The van der Waals surface area contributed by atoms with Gasteiger partial charge in [0.15, 0.2) is 0 Å². The van der Waals surface area contributed by atoms with E-state index in [2.05, 4.69) is 10.6 Å². The van der Waals surface area contributed by atoms with Gasteiger partial charge in [-0.1, -0.05) is 29.8 Å². The molecule has 1 aromatic carbocycles. The van der Waals surface area contributed by atoms with Gasteiger partial charge in [0, 0.05) is 31.8 Å². The Morgan fingerprint density at radius 3 is 2.60 bits per heavy atom. The van der Waals surface area contributed by atoms with Crippen LogP contribution in [0.5, 0.6) is 0 Å². The fourth-order valence-electron chi connectivity index (χ4n) is 1.88. The van der Waals surface area contributed by atoms with E-state index in [1.807, 2.05) is 32.0 Å². The number of rotatable bonds is 8. The Kier molecular flexibility index (Phi) is 6.99. The van der Waals surface area contributed by atoms with Gasteiger partial charge in [-0.25, -0.2) is 0 Å². The van der Waals surface area contributed by atoms with Crippen molar-refractivity contribution in [2.75, 3.05) is 33.4 Å². The Labute approximate surface area is 125 Å². The first-order chi connectivity index (χ1) is 9.50. The molecule has 0 aliphatic heterocycles. The molecule has 0 radical (unpaired) electrons. The van der Waals surface area contributed by atoms with E-state index in [0.717, 1.165) is 12.1 Å². The highest BCUT2D eigenvalue weighted by atomic mass is 35.5. The first kappa shape index (κ1) is 17.0. The molecule has 20 heavy (non-hydrogen) atoms. The SMILES string of the molecule is COCCNCCNC(=O)C(C)(C)c1ccccc1Cl. The zero-order valence-electron chi connectivity index (χ0n) is 12.3. The molecule has 112 valence electrons. The Balaban J connectivity index is 2.47. The van der Waals surface area contributed by atoms with Crippen molar-refractivity contribution in [1.29, 1.82) is 0 Å². The summed E-state index contributed by atoms with van der Waals surface area (Å²) in [6.45, 7) is 6.49. The first-order valence-corrected chi connectivity index (χ1v) is 7.11. The molecular weight excluding hydrogens is 276 g/mol. The highest BCUT2D eigenvalue weighted by Crippen LogP contribution is 2.29. The standard InChI is InChI=1S/C15H23ClN2O2/c1-15(2,12-6-4-5-7-13(12)16)14(19)18-9-8-17-10-11-20-3/h4-7,17H,8-11H2,1-3H3,(H,18,19). The molecule has 0 aliphatic carbocycles. The number of carbonyl (C=O) groups excluding carboxylic acids is 1. The number of hydrogen-bond acceptors (Lipinski definition) is 3. The van der Waals surface area contributed by atoms with Gasteiger partial charge < -0.3 is 15.4 Å². The van der Waals surface area contributed by atoms with Crippen LogP contribution in [0.1, 0.15) is 19.4 Å². The van der Waals surface area contributed by atoms with E-state index in [4.69, 9.17) is 16.3 Å². The largest absolute Gasteiger partial charge is 0.383 e. The second-order valence-corrected chi connectivity index (χ2v) is 5.51. The molecule has 0 fully saturated rings. The summed E-state index contributed by atoms with van der Waals surface area (Å²) in [4.78, 5) is 12.3. The van der Waals surface area contributed by atoms with Crippen LogP contribution in [-0.4, -0.2) is 39.3 Å². The number of carbonyl (C=O) groups is 1. The van der Waals surface area contributed by atoms with Crippen LogP contribution in [0, 0.1) is 0 Å². The summed E-state index contributed by atoms with van der Waals surface area (Å²) in [5.41, 5.74) is 0.191. The van der Waals surface area contributed by atoms with Gasteiger partial charge in [0.1, 0.15) is 0 Å². The highest BCUT2D eigenvalue weighted by molar-refractivity contribution is 6.31.